The van der Waals surface area contributed by atoms with Crippen molar-refractivity contribution in [2.75, 3.05) is 19.8 Å². The molecular formula is C24H35N3O4. The molecule has 0 radical (unpaired) electrons. The molecule has 7 nitrogen and oxygen atoms in total. The van der Waals surface area contributed by atoms with Crippen molar-refractivity contribution < 1.29 is 18.7 Å². The SMILES string of the molecule is CCOc1ccc(CN(Cc2nc(C(=O)NC[C@H]3CCCO3)co2)[C@@H](C)C(C)C)cc1. The molecule has 1 aliphatic rings. The van der Waals surface area contributed by atoms with Gasteiger partial charge < -0.3 is 19.2 Å². The lowest BCUT2D eigenvalue weighted by Crippen LogP contribution is -2.36. The average molecular weight is 430 g/mol. The van der Waals surface area contributed by atoms with Crippen molar-refractivity contribution in [2.24, 2.45) is 5.92 Å². The van der Waals surface area contributed by atoms with Crippen molar-refractivity contribution in [1.29, 1.82) is 0 Å². The normalized spacial score (nSPS) is 17.3. The number of benzene rings is 1. The Bertz CT molecular complexity index is 812. The lowest BCUT2D eigenvalue weighted by molar-refractivity contribution is 0.0853. The van der Waals surface area contributed by atoms with Gasteiger partial charge in [-0.3, -0.25) is 9.69 Å². The molecule has 7 heteroatoms. The van der Waals surface area contributed by atoms with E-state index in [-0.39, 0.29) is 12.0 Å². The minimum Gasteiger partial charge on any atom is -0.494 e. The average Bonchev–Trinajstić information content (AvgIpc) is 3.44. The maximum Gasteiger partial charge on any atom is 0.273 e. The zero-order valence-electron chi connectivity index (χ0n) is 19.1. The third kappa shape index (κ3) is 6.80. The van der Waals surface area contributed by atoms with E-state index >= 15 is 0 Å². The molecule has 1 N–H and O–H groups in total. The Hall–Kier alpha value is -2.38. The zero-order chi connectivity index (χ0) is 22.2. The number of ether oxygens (including phenoxy) is 2. The topological polar surface area (TPSA) is 76.8 Å². The molecular weight excluding hydrogens is 394 g/mol. The largest absolute Gasteiger partial charge is 0.494 e. The molecule has 0 aliphatic carbocycles. The van der Waals surface area contributed by atoms with E-state index < -0.39 is 0 Å². The Morgan fingerprint density at radius 2 is 2.03 bits per heavy atom. The highest BCUT2D eigenvalue weighted by Gasteiger charge is 2.22. The standard InChI is InChI=1S/C24H35N3O4/c1-5-29-20-10-8-19(9-11-20)14-27(18(4)17(2)3)15-23-26-22(16-31-23)24(28)25-13-21-7-6-12-30-21/h8-11,16-18,21H,5-7,12-15H2,1-4H3,(H,25,28)/t18-,21+/m0/s1. The Labute approximate surface area is 185 Å². The molecule has 1 aromatic carbocycles. The van der Waals surface area contributed by atoms with E-state index in [0.717, 1.165) is 31.7 Å². The van der Waals surface area contributed by atoms with Crippen LogP contribution < -0.4 is 10.1 Å². The van der Waals surface area contributed by atoms with Crippen LogP contribution in [0.3, 0.4) is 0 Å². The van der Waals surface area contributed by atoms with Gasteiger partial charge >= 0.3 is 0 Å². The number of amides is 1. The molecule has 170 valence electrons. The molecule has 1 fully saturated rings. The minimum absolute atomic E-state index is 0.104. The van der Waals surface area contributed by atoms with Gasteiger partial charge in [0.25, 0.3) is 5.91 Å². The summed E-state index contributed by atoms with van der Waals surface area (Å²) in [5, 5.41) is 2.89. The summed E-state index contributed by atoms with van der Waals surface area (Å²) in [5.74, 6) is 1.66. The van der Waals surface area contributed by atoms with Crippen molar-refractivity contribution in [3.05, 3.63) is 47.7 Å². The summed E-state index contributed by atoms with van der Waals surface area (Å²) in [7, 11) is 0. The van der Waals surface area contributed by atoms with E-state index in [0.29, 0.717) is 43.2 Å². The van der Waals surface area contributed by atoms with Gasteiger partial charge in [-0.25, -0.2) is 4.98 Å². The number of hydrogen-bond acceptors (Lipinski definition) is 6. The smallest absolute Gasteiger partial charge is 0.273 e. The van der Waals surface area contributed by atoms with Crippen LogP contribution in [0.5, 0.6) is 5.75 Å². The van der Waals surface area contributed by atoms with Gasteiger partial charge in [-0.15, -0.1) is 0 Å². The molecule has 0 bridgehead atoms. The summed E-state index contributed by atoms with van der Waals surface area (Å²) in [6.07, 6.45) is 3.58. The summed E-state index contributed by atoms with van der Waals surface area (Å²) in [6, 6.07) is 8.49. The van der Waals surface area contributed by atoms with E-state index in [1.165, 1.54) is 11.8 Å². The fourth-order valence-corrected chi connectivity index (χ4v) is 3.62. The number of oxazole rings is 1. The van der Waals surface area contributed by atoms with Crippen LogP contribution in [0.4, 0.5) is 0 Å². The van der Waals surface area contributed by atoms with Crippen LogP contribution in [-0.2, 0) is 17.8 Å². The van der Waals surface area contributed by atoms with Gasteiger partial charge in [-0.05, 0) is 50.3 Å². The van der Waals surface area contributed by atoms with E-state index in [1.807, 2.05) is 19.1 Å². The minimum atomic E-state index is -0.222. The van der Waals surface area contributed by atoms with E-state index in [1.54, 1.807) is 0 Å². The van der Waals surface area contributed by atoms with Crippen LogP contribution in [0, 0.1) is 5.92 Å². The molecule has 2 atom stereocenters. The molecule has 2 aromatic rings. The summed E-state index contributed by atoms with van der Waals surface area (Å²) in [4.78, 5) is 19.2. The van der Waals surface area contributed by atoms with Crippen LogP contribution in [-0.4, -0.2) is 47.7 Å². The van der Waals surface area contributed by atoms with Gasteiger partial charge in [0.05, 0.1) is 19.3 Å². The number of nitrogens with zero attached hydrogens (tertiary/aromatic N) is 2. The fourth-order valence-electron chi connectivity index (χ4n) is 3.62. The van der Waals surface area contributed by atoms with Gasteiger partial charge in [0, 0.05) is 25.7 Å². The lowest BCUT2D eigenvalue weighted by atomic mass is 10.0. The maximum absolute atomic E-state index is 12.4. The Balaban J connectivity index is 1.62. The molecule has 2 heterocycles. The van der Waals surface area contributed by atoms with Gasteiger partial charge in [0.1, 0.15) is 12.0 Å². The van der Waals surface area contributed by atoms with Gasteiger partial charge in [-0.2, -0.15) is 0 Å². The van der Waals surface area contributed by atoms with Crippen LogP contribution in [0.2, 0.25) is 0 Å². The van der Waals surface area contributed by atoms with E-state index in [9.17, 15) is 4.79 Å². The highest BCUT2D eigenvalue weighted by molar-refractivity contribution is 5.91. The van der Waals surface area contributed by atoms with Gasteiger partial charge in [0.2, 0.25) is 5.89 Å². The van der Waals surface area contributed by atoms with Crippen molar-refractivity contribution in [2.45, 2.75) is 65.8 Å². The highest BCUT2D eigenvalue weighted by Crippen LogP contribution is 2.20. The van der Waals surface area contributed by atoms with Crippen molar-refractivity contribution in [3.63, 3.8) is 0 Å². The summed E-state index contributed by atoms with van der Waals surface area (Å²) in [5.41, 5.74) is 1.50. The number of carbonyl (C=O) groups is 1. The predicted octanol–water partition coefficient (Wildman–Crippen LogP) is 4.03. The molecule has 1 amide bonds. The third-order valence-corrected chi connectivity index (χ3v) is 5.80. The second kappa shape index (κ2) is 11.3. The second-order valence-electron chi connectivity index (χ2n) is 8.44. The molecule has 0 unspecified atom stereocenters. The van der Waals surface area contributed by atoms with Crippen LogP contribution >= 0.6 is 0 Å². The Morgan fingerprint density at radius 3 is 2.68 bits per heavy atom. The molecule has 3 rings (SSSR count). The number of hydrogen-bond donors (Lipinski definition) is 1. The molecule has 0 spiro atoms. The maximum atomic E-state index is 12.4. The zero-order valence-corrected chi connectivity index (χ0v) is 19.1. The first kappa shape index (κ1) is 23.3. The summed E-state index contributed by atoms with van der Waals surface area (Å²) < 4.78 is 16.7. The van der Waals surface area contributed by atoms with E-state index in [4.69, 9.17) is 13.9 Å². The lowest BCUT2D eigenvalue weighted by Gasteiger charge is -2.30. The van der Waals surface area contributed by atoms with Crippen LogP contribution in [0.15, 0.2) is 34.9 Å². The Kier molecular flexibility index (Phi) is 8.49. The van der Waals surface area contributed by atoms with Gasteiger partial charge in [0.15, 0.2) is 5.69 Å². The first-order valence-electron chi connectivity index (χ1n) is 11.3. The van der Waals surface area contributed by atoms with E-state index in [2.05, 4.69) is 48.1 Å². The molecule has 1 aliphatic heterocycles. The molecule has 1 saturated heterocycles. The molecule has 0 saturated carbocycles. The summed E-state index contributed by atoms with van der Waals surface area (Å²) in [6.45, 7) is 11.8. The van der Waals surface area contributed by atoms with Crippen molar-refractivity contribution in [1.82, 2.24) is 15.2 Å². The number of carbonyl (C=O) groups excluding carboxylic acids is 1. The number of rotatable bonds is 11. The van der Waals surface area contributed by atoms with Crippen LogP contribution in [0.1, 0.15) is 62.5 Å². The van der Waals surface area contributed by atoms with Crippen molar-refractivity contribution >= 4 is 5.91 Å². The third-order valence-electron chi connectivity index (χ3n) is 5.80. The van der Waals surface area contributed by atoms with Crippen LogP contribution in [0.25, 0.3) is 0 Å². The quantitative estimate of drug-likeness (QED) is 0.581. The molecule has 1 aromatic heterocycles. The van der Waals surface area contributed by atoms with Crippen molar-refractivity contribution in [3.8, 4) is 5.75 Å². The first-order valence-corrected chi connectivity index (χ1v) is 11.3. The second-order valence-corrected chi connectivity index (χ2v) is 8.44. The molecule has 31 heavy (non-hydrogen) atoms. The van der Waals surface area contributed by atoms with Gasteiger partial charge in [-0.1, -0.05) is 26.0 Å². The number of aromatic nitrogens is 1. The predicted molar refractivity (Wildman–Crippen MR) is 119 cm³/mol. The fraction of sp³-hybridized carbons (Fsp3) is 0.583. The monoisotopic (exact) mass is 429 g/mol. The number of nitrogens with one attached hydrogen (secondary N) is 1. The Morgan fingerprint density at radius 1 is 1.26 bits per heavy atom. The summed E-state index contributed by atoms with van der Waals surface area (Å²) >= 11 is 0. The first-order chi connectivity index (χ1) is 15.0. The highest BCUT2D eigenvalue weighted by atomic mass is 16.5.